The van der Waals surface area contributed by atoms with E-state index in [-0.39, 0.29) is 5.91 Å². The lowest BCUT2D eigenvalue weighted by Gasteiger charge is -2.25. The molecule has 0 aliphatic carbocycles. The van der Waals surface area contributed by atoms with Gasteiger partial charge in [0.15, 0.2) is 0 Å². The van der Waals surface area contributed by atoms with Crippen LogP contribution in [0.25, 0.3) is 0 Å². The van der Waals surface area contributed by atoms with Gasteiger partial charge in [0.25, 0.3) is 5.91 Å². The number of hydrogen-bond acceptors (Lipinski definition) is 4. The van der Waals surface area contributed by atoms with Crippen LogP contribution in [0.5, 0.6) is 0 Å². The van der Waals surface area contributed by atoms with Crippen molar-refractivity contribution in [2.24, 2.45) is 0 Å². The van der Waals surface area contributed by atoms with E-state index in [1.165, 1.54) is 6.42 Å². The quantitative estimate of drug-likeness (QED) is 0.855. The molecule has 2 heterocycles. The van der Waals surface area contributed by atoms with E-state index in [1.807, 2.05) is 11.0 Å². The second-order valence-electron chi connectivity index (χ2n) is 4.87. The van der Waals surface area contributed by atoms with Gasteiger partial charge in [0.05, 0.1) is 6.61 Å². The summed E-state index contributed by atoms with van der Waals surface area (Å²) in [6, 6.07) is 4.01. The van der Waals surface area contributed by atoms with Gasteiger partial charge in [-0.15, -0.1) is 0 Å². The van der Waals surface area contributed by atoms with Gasteiger partial charge in [-0.1, -0.05) is 0 Å². The molecule has 1 fully saturated rings. The van der Waals surface area contributed by atoms with Crippen LogP contribution in [0, 0.1) is 0 Å². The number of hydrogen-bond donors (Lipinski definition) is 1. The fourth-order valence-electron chi connectivity index (χ4n) is 2.35. The molecule has 1 unspecified atom stereocenters. The second kappa shape index (κ2) is 7.71. The molecule has 20 heavy (non-hydrogen) atoms. The second-order valence-corrected chi connectivity index (χ2v) is 5.73. The van der Waals surface area contributed by atoms with Gasteiger partial charge < -0.3 is 15.0 Å². The summed E-state index contributed by atoms with van der Waals surface area (Å²) in [4.78, 5) is 18.6. The Hall–Kier alpha value is -0.980. The number of pyridine rings is 1. The largest absolute Gasteiger partial charge is 0.383 e. The van der Waals surface area contributed by atoms with Crippen molar-refractivity contribution in [3.63, 3.8) is 0 Å². The van der Waals surface area contributed by atoms with Crippen molar-refractivity contribution in [2.75, 3.05) is 33.4 Å². The molecule has 1 aromatic rings. The Morgan fingerprint density at radius 2 is 2.50 bits per heavy atom. The number of carbonyl (C=O) groups excluding carboxylic acids is 1. The monoisotopic (exact) mass is 341 g/mol. The van der Waals surface area contributed by atoms with Gasteiger partial charge in [-0.2, -0.15) is 0 Å². The van der Waals surface area contributed by atoms with E-state index in [4.69, 9.17) is 4.74 Å². The average Bonchev–Trinajstić information content (AvgIpc) is 2.96. The van der Waals surface area contributed by atoms with Crippen LogP contribution in [-0.4, -0.2) is 55.2 Å². The SMILES string of the molecule is COCCN(CC1CCCN1)C(=O)c1ncccc1Br. The average molecular weight is 342 g/mol. The lowest BCUT2D eigenvalue weighted by Crippen LogP contribution is -2.43. The predicted molar refractivity (Wildman–Crippen MR) is 80.7 cm³/mol. The Morgan fingerprint density at radius 3 is 3.15 bits per heavy atom. The Labute approximate surface area is 127 Å². The molecule has 110 valence electrons. The van der Waals surface area contributed by atoms with E-state index in [0.717, 1.165) is 17.4 Å². The molecule has 1 atom stereocenters. The molecule has 2 rings (SSSR count). The number of ether oxygens (including phenoxy) is 1. The molecule has 0 radical (unpaired) electrons. The molecule has 0 saturated carbocycles. The lowest BCUT2D eigenvalue weighted by atomic mass is 10.2. The zero-order chi connectivity index (χ0) is 14.4. The maximum Gasteiger partial charge on any atom is 0.273 e. The number of rotatable bonds is 6. The number of carbonyl (C=O) groups is 1. The van der Waals surface area contributed by atoms with E-state index >= 15 is 0 Å². The van der Waals surface area contributed by atoms with Crippen LogP contribution in [0.15, 0.2) is 22.8 Å². The molecule has 0 bridgehead atoms. The van der Waals surface area contributed by atoms with Crippen LogP contribution >= 0.6 is 15.9 Å². The number of nitrogens with zero attached hydrogens (tertiary/aromatic N) is 2. The van der Waals surface area contributed by atoms with E-state index in [0.29, 0.717) is 31.4 Å². The molecule has 1 aliphatic heterocycles. The highest BCUT2D eigenvalue weighted by molar-refractivity contribution is 9.10. The molecule has 1 amide bonds. The summed E-state index contributed by atoms with van der Waals surface area (Å²) < 4.78 is 5.84. The third-order valence-electron chi connectivity index (χ3n) is 3.42. The fraction of sp³-hybridized carbons (Fsp3) is 0.571. The van der Waals surface area contributed by atoms with Crippen molar-refractivity contribution < 1.29 is 9.53 Å². The summed E-state index contributed by atoms with van der Waals surface area (Å²) in [7, 11) is 1.65. The van der Waals surface area contributed by atoms with Crippen LogP contribution in [0.1, 0.15) is 23.3 Å². The minimum Gasteiger partial charge on any atom is -0.383 e. The molecular weight excluding hydrogens is 322 g/mol. The topological polar surface area (TPSA) is 54.5 Å². The number of nitrogens with one attached hydrogen (secondary N) is 1. The Kier molecular flexibility index (Phi) is 5.94. The minimum absolute atomic E-state index is 0.0526. The number of methoxy groups -OCH3 is 1. The lowest BCUT2D eigenvalue weighted by molar-refractivity contribution is 0.0672. The third-order valence-corrected chi connectivity index (χ3v) is 4.06. The highest BCUT2D eigenvalue weighted by atomic mass is 79.9. The van der Waals surface area contributed by atoms with Crippen LogP contribution in [0.3, 0.4) is 0 Å². The van der Waals surface area contributed by atoms with E-state index in [9.17, 15) is 4.79 Å². The molecule has 5 nitrogen and oxygen atoms in total. The van der Waals surface area contributed by atoms with Crippen molar-refractivity contribution in [1.29, 1.82) is 0 Å². The van der Waals surface area contributed by atoms with Crippen molar-refractivity contribution in [3.05, 3.63) is 28.5 Å². The van der Waals surface area contributed by atoms with Gasteiger partial charge in [-0.25, -0.2) is 4.98 Å². The number of aromatic nitrogens is 1. The van der Waals surface area contributed by atoms with E-state index in [1.54, 1.807) is 19.4 Å². The molecule has 1 aromatic heterocycles. The third kappa shape index (κ3) is 4.01. The summed E-state index contributed by atoms with van der Waals surface area (Å²) in [5.41, 5.74) is 0.460. The number of halogens is 1. The molecule has 0 spiro atoms. The predicted octanol–water partition coefficient (Wildman–Crippen LogP) is 1.68. The minimum atomic E-state index is -0.0526. The molecular formula is C14H20BrN3O2. The van der Waals surface area contributed by atoms with Gasteiger partial charge in [-0.3, -0.25) is 4.79 Å². The molecule has 6 heteroatoms. The highest BCUT2D eigenvalue weighted by Crippen LogP contribution is 2.16. The van der Waals surface area contributed by atoms with Crippen LogP contribution in [0.2, 0.25) is 0 Å². The van der Waals surface area contributed by atoms with Gasteiger partial charge in [0, 0.05) is 36.9 Å². The zero-order valence-corrected chi connectivity index (χ0v) is 13.2. The van der Waals surface area contributed by atoms with Gasteiger partial charge in [0.2, 0.25) is 0 Å². The molecule has 1 N–H and O–H groups in total. The number of amides is 1. The zero-order valence-electron chi connectivity index (χ0n) is 11.6. The summed E-state index contributed by atoms with van der Waals surface area (Å²) >= 11 is 3.39. The van der Waals surface area contributed by atoms with Crippen molar-refractivity contribution in [3.8, 4) is 0 Å². The molecule has 0 aromatic carbocycles. The maximum absolute atomic E-state index is 12.6. The first-order valence-electron chi connectivity index (χ1n) is 6.84. The fourth-order valence-corrected chi connectivity index (χ4v) is 2.77. The van der Waals surface area contributed by atoms with Crippen molar-refractivity contribution in [1.82, 2.24) is 15.2 Å². The first-order chi connectivity index (χ1) is 9.72. The van der Waals surface area contributed by atoms with Crippen molar-refractivity contribution in [2.45, 2.75) is 18.9 Å². The summed E-state index contributed by atoms with van der Waals surface area (Å²) in [5.74, 6) is -0.0526. The van der Waals surface area contributed by atoms with Crippen LogP contribution in [-0.2, 0) is 4.74 Å². The first-order valence-corrected chi connectivity index (χ1v) is 7.63. The van der Waals surface area contributed by atoms with Gasteiger partial charge >= 0.3 is 0 Å². The smallest absolute Gasteiger partial charge is 0.273 e. The summed E-state index contributed by atoms with van der Waals surface area (Å²) in [6.45, 7) is 2.84. The first kappa shape index (κ1) is 15.4. The normalized spacial score (nSPS) is 18.2. The van der Waals surface area contributed by atoms with Gasteiger partial charge in [0.1, 0.15) is 5.69 Å². The van der Waals surface area contributed by atoms with Crippen molar-refractivity contribution >= 4 is 21.8 Å². The van der Waals surface area contributed by atoms with Crippen LogP contribution in [0.4, 0.5) is 0 Å². The van der Waals surface area contributed by atoms with E-state index in [2.05, 4.69) is 26.2 Å². The van der Waals surface area contributed by atoms with Crippen LogP contribution < -0.4 is 5.32 Å². The molecule has 1 aliphatic rings. The Balaban J connectivity index is 2.08. The van der Waals surface area contributed by atoms with Gasteiger partial charge in [-0.05, 0) is 47.4 Å². The Morgan fingerprint density at radius 1 is 1.65 bits per heavy atom. The Bertz CT molecular complexity index is 450. The molecule has 1 saturated heterocycles. The summed E-state index contributed by atoms with van der Waals surface area (Å²) in [6.07, 6.45) is 3.92. The summed E-state index contributed by atoms with van der Waals surface area (Å²) in [5, 5.41) is 3.42. The standard InChI is InChI=1S/C14H20BrN3O2/c1-20-9-8-18(10-11-4-2-6-16-11)14(19)13-12(15)5-3-7-17-13/h3,5,7,11,16H,2,4,6,8-10H2,1H3. The highest BCUT2D eigenvalue weighted by Gasteiger charge is 2.24. The maximum atomic E-state index is 12.6. The van der Waals surface area contributed by atoms with E-state index < -0.39 is 0 Å².